The van der Waals surface area contributed by atoms with E-state index in [1.165, 1.54) is 24.1 Å². The number of nitrogens with one attached hydrogen (secondary N) is 1. The van der Waals surface area contributed by atoms with Gasteiger partial charge >= 0.3 is 0 Å². The van der Waals surface area contributed by atoms with Crippen LogP contribution >= 0.6 is 22.6 Å². The number of pyridine rings is 1. The molecule has 1 aromatic heterocycles. The molecule has 0 aliphatic heterocycles. The Hall–Kier alpha value is -0.910. The van der Waals surface area contributed by atoms with Crippen LogP contribution in [0.3, 0.4) is 0 Å². The van der Waals surface area contributed by atoms with Crippen molar-refractivity contribution in [3.8, 4) is 0 Å². The van der Waals surface area contributed by atoms with Crippen molar-refractivity contribution in [1.29, 1.82) is 0 Å². The second-order valence-corrected chi connectivity index (χ2v) is 6.10. The van der Waals surface area contributed by atoms with E-state index in [9.17, 15) is 4.39 Å². The van der Waals surface area contributed by atoms with Gasteiger partial charge in [0, 0.05) is 26.9 Å². The summed E-state index contributed by atoms with van der Waals surface area (Å²) >= 11 is 2.17. The Kier molecular flexibility index (Phi) is 3.60. The van der Waals surface area contributed by atoms with Crippen LogP contribution in [-0.4, -0.2) is 11.5 Å². The summed E-state index contributed by atoms with van der Waals surface area (Å²) < 4.78 is 14.6. The molecular weight excluding hydrogens is 354 g/mol. The first-order valence-corrected chi connectivity index (χ1v) is 7.83. The van der Waals surface area contributed by atoms with Crippen LogP contribution in [0, 0.1) is 9.39 Å². The smallest absolute Gasteiger partial charge is 0.125 e. The Balaban J connectivity index is 2.35. The molecule has 1 aliphatic carbocycles. The maximum atomic E-state index is 13.7. The van der Waals surface area contributed by atoms with Crippen LogP contribution < -0.4 is 5.32 Å². The van der Waals surface area contributed by atoms with Crippen LogP contribution in [0.4, 0.5) is 10.1 Å². The summed E-state index contributed by atoms with van der Waals surface area (Å²) in [5.74, 6) is -0.186. The summed E-state index contributed by atoms with van der Waals surface area (Å²) in [6, 6.07) is 3.16. The van der Waals surface area contributed by atoms with Crippen molar-refractivity contribution in [2.75, 3.05) is 11.9 Å². The second-order valence-electron chi connectivity index (χ2n) is 4.93. The molecule has 0 saturated heterocycles. The molecule has 0 unspecified atom stereocenters. The van der Waals surface area contributed by atoms with E-state index in [4.69, 9.17) is 4.98 Å². The van der Waals surface area contributed by atoms with Crippen LogP contribution in [0.25, 0.3) is 10.9 Å². The number of hydrogen-bond acceptors (Lipinski definition) is 2. The van der Waals surface area contributed by atoms with Crippen LogP contribution in [0.2, 0.25) is 0 Å². The first-order valence-electron chi connectivity index (χ1n) is 6.75. The maximum absolute atomic E-state index is 13.7. The topological polar surface area (TPSA) is 24.9 Å². The minimum Gasteiger partial charge on any atom is -0.384 e. The normalized spacial score (nSPS) is 14.5. The summed E-state index contributed by atoms with van der Waals surface area (Å²) in [7, 11) is 0. The molecule has 4 heteroatoms. The monoisotopic (exact) mass is 370 g/mol. The van der Waals surface area contributed by atoms with Gasteiger partial charge < -0.3 is 5.32 Å². The molecule has 19 heavy (non-hydrogen) atoms. The molecule has 2 aromatic rings. The predicted octanol–water partition coefficient (Wildman–Crippen LogP) is 4.29. The van der Waals surface area contributed by atoms with E-state index in [2.05, 4.69) is 34.8 Å². The van der Waals surface area contributed by atoms with E-state index in [0.29, 0.717) is 0 Å². The number of nitrogens with zero attached hydrogens (tertiary/aromatic N) is 1. The first-order chi connectivity index (χ1) is 9.20. The lowest BCUT2D eigenvalue weighted by Gasteiger charge is -2.21. The molecule has 0 fully saturated rings. The number of hydrogen-bond donors (Lipinski definition) is 1. The summed E-state index contributed by atoms with van der Waals surface area (Å²) in [6.45, 7) is 2.92. The van der Waals surface area contributed by atoms with Gasteiger partial charge in [-0.25, -0.2) is 4.39 Å². The maximum Gasteiger partial charge on any atom is 0.125 e. The molecule has 0 radical (unpaired) electrons. The molecule has 1 heterocycles. The fourth-order valence-electron chi connectivity index (χ4n) is 2.83. The average molecular weight is 370 g/mol. The third kappa shape index (κ3) is 2.30. The highest BCUT2D eigenvalue weighted by atomic mass is 127. The zero-order valence-corrected chi connectivity index (χ0v) is 13.1. The van der Waals surface area contributed by atoms with E-state index in [0.717, 1.165) is 39.5 Å². The zero-order valence-electron chi connectivity index (χ0n) is 10.9. The lowest BCUT2D eigenvalue weighted by molar-refractivity contribution is 0.628. The average Bonchev–Trinajstić information content (AvgIpc) is 2.40. The van der Waals surface area contributed by atoms with Gasteiger partial charge in [-0.15, -0.1) is 0 Å². The molecule has 1 N–H and O–H groups in total. The van der Waals surface area contributed by atoms with Crippen LogP contribution in [-0.2, 0) is 12.8 Å². The molecule has 1 aliphatic rings. The van der Waals surface area contributed by atoms with Gasteiger partial charge in [-0.05, 0) is 72.9 Å². The Morgan fingerprint density at radius 1 is 1.32 bits per heavy atom. The van der Waals surface area contributed by atoms with Crippen LogP contribution in [0.5, 0.6) is 0 Å². The third-order valence-corrected chi connectivity index (χ3v) is 4.46. The van der Waals surface area contributed by atoms with Crippen molar-refractivity contribution in [2.24, 2.45) is 0 Å². The summed E-state index contributed by atoms with van der Waals surface area (Å²) in [6.07, 6.45) is 4.49. The summed E-state index contributed by atoms with van der Waals surface area (Å²) in [5.41, 5.74) is 4.51. The molecular formula is C15H16FIN2. The quantitative estimate of drug-likeness (QED) is 0.798. The second kappa shape index (κ2) is 5.23. The molecule has 1 aromatic carbocycles. The number of halogens is 2. The number of fused-ring (bicyclic) bond motifs is 2. The van der Waals surface area contributed by atoms with Gasteiger partial charge in [-0.1, -0.05) is 0 Å². The van der Waals surface area contributed by atoms with Gasteiger partial charge in [0.2, 0.25) is 0 Å². The minimum atomic E-state index is -0.186. The zero-order chi connectivity index (χ0) is 13.4. The Morgan fingerprint density at radius 3 is 2.89 bits per heavy atom. The van der Waals surface area contributed by atoms with Crippen molar-refractivity contribution < 1.29 is 4.39 Å². The van der Waals surface area contributed by atoms with Crippen LogP contribution in [0.1, 0.15) is 31.0 Å². The molecule has 0 saturated carbocycles. The Bertz CT molecular complexity index is 640. The van der Waals surface area contributed by atoms with E-state index in [1.807, 2.05) is 0 Å². The van der Waals surface area contributed by atoms with E-state index in [1.54, 1.807) is 12.1 Å². The number of rotatable bonds is 2. The van der Waals surface area contributed by atoms with E-state index in [-0.39, 0.29) is 5.82 Å². The first kappa shape index (κ1) is 13.1. The largest absolute Gasteiger partial charge is 0.384 e. The van der Waals surface area contributed by atoms with E-state index < -0.39 is 0 Å². The van der Waals surface area contributed by atoms with Gasteiger partial charge in [-0.3, -0.25) is 4.98 Å². The fraction of sp³-hybridized carbons (Fsp3) is 0.400. The molecule has 2 nitrogen and oxygen atoms in total. The highest BCUT2D eigenvalue weighted by Crippen LogP contribution is 2.35. The van der Waals surface area contributed by atoms with Gasteiger partial charge in [0.05, 0.1) is 5.52 Å². The lowest BCUT2D eigenvalue weighted by atomic mass is 9.92. The number of aromatic nitrogens is 1. The van der Waals surface area contributed by atoms with Gasteiger partial charge in [-0.2, -0.15) is 0 Å². The third-order valence-electron chi connectivity index (χ3n) is 3.64. The standard InChI is InChI=1S/C15H16FIN2/c1-2-18-14-10-5-3-4-6-13(10)19-15-11(14)7-9(16)8-12(15)17/h7-8H,2-6H2,1H3,(H,18,19). The van der Waals surface area contributed by atoms with Crippen molar-refractivity contribution in [2.45, 2.75) is 32.6 Å². The minimum absolute atomic E-state index is 0.186. The Morgan fingerprint density at radius 2 is 2.11 bits per heavy atom. The number of aryl methyl sites for hydroxylation is 1. The van der Waals surface area contributed by atoms with Crippen molar-refractivity contribution in [3.05, 3.63) is 32.8 Å². The number of benzene rings is 1. The highest BCUT2D eigenvalue weighted by molar-refractivity contribution is 14.1. The summed E-state index contributed by atoms with van der Waals surface area (Å²) in [4.78, 5) is 4.79. The van der Waals surface area contributed by atoms with Gasteiger partial charge in [0.15, 0.2) is 0 Å². The molecule has 0 amide bonds. The van der Waals surface area contributed by atoms with Crippen LogP contribution in [0.15, 0.2) is 12.1 Å². The van der Waals surface area contributed by atoms with Gasteiger partial charge in [0.25, 0.3) is 0 Å². The highest BCUT2D eigenvalue weighted by Gasteiger charge is 2.19. The Labute approximate surface area is 125 Å². The van der Waals surface area contributed by atoms with E-state index >= 15 is 0 Å². The fourth-order valence-corrected chi connectivity index (χ4v) is 3.54. The predicted molar refractivity (Wildman–Crippen MR) is 85.2 cm³/mol. The SMILES string of the molecule is CCNc1c2c(nc3c(I)cc(F)cc13)CCCC2. The van der Waals surface area contributed by atoms with Crippen molar-refractivity contribution in [3.63, 3.8) is 0 Å². The molecule has 100 valence electrons. The number of anilines is 1. The molecule has 0 bridgehead atoms. The van der Waals surface area contributed by atoms with Crippen molar-refractivity contribution in [1.82, 2.24) is 4.98 Å². The van der Waals surface area contributed by atoms with Gasteiger partial charge in [0.1, 0.15) is 5.82 Å². The molecule has 3 rings (SSSR count). The summed E-state index contributed by atoms with van der Waals surface area (Å²) in [5, 5.41) is 4.35. The molecule has 0 atom stereocenters. The van der Waals surface area contributed by atoms with Crippen molar-refractivity contribution >= 4 is 39.2 Å². The lowest BCUT2D eigenvalue weighted by Crippen LogP contribution is -2.11. The molecule has 0 spiro atoms.